The summed E-state index contributed by atoms with van der Waals surface area (Å²) in [5, 5.41) is 0.586. The second-order valence-electron chi connectivity index (χ2n) is 2.91. The number of halogens is 2. The van der Waals surface area contributed by atoms with Gasteiger partial charge in [-0.1, -0.05) is 17.7 Å². The van der Waals surface area contributed by atoms with Crippen LogP contribution in [0.1, 0.15) is 0 Å². The number of aromatic amines is 1. The number of H-pyrrole nitrogens is 1. The Bertz CT molecular complexity index is 517. The van der Waals surface area contributed by atoms with Crippen LogP contribution in [-0.2, 0) is 6.54 Å². The van der Waals surface area contributed by atoms with E-state index in [1.165, 1.54) is 0 Å². The number of nitrogens with zero attached hydrogens (tertiary/aromatic N) is 1. The van der Waals surface area contributed by atoms with Gasteiger partial charge in [0.15, 0.2) is 4.77 Å². The zero-order valence-corrected chi connectivity index (χ0v) is 8.83. The smallest absolute Gasteiger partial charge is 0.178 e. The second-order valence-corrected chi connectivity index (χ2v) is 3.70. The fraction of sp³-hybridized carbons (Fsp3) is 0.222. The van der Waals surface area contributed by atoms with E-state index in [0.717, 1.165) is 11.0 Å². The van der Waals surface area contributed by atoms with E-state index in [0.29, 0.717) is 9.79 Å². The first-order valence-corrected chi connectivity index (χ1v) is 4.95. The fourth-order valence-electron chi connectivity index (χ4n) is 1.47. The first-order chi connectivity index (χ1) is 6.74. The highest BCUT2D eigenvalue weighted by Crippen LogP contribution is 2.22. The highest BCUT2D eigenvalue weighted by atomic mass is 35.5. The third-order valence-electron chi connectivity index (χ3n) is 2.05. The van der Waals surface area contributed by atoms with Crippen LogP contribution in [0.15, 0.2) is 18.2 Å². The number of nitrogens with one attached hydrogen (secondary N) is 1. The fourth-order valence-corrected chi connectivity index (χ4v) is 2.04. The Balaban J connectivity index is 2.79. The van der Waals surface area contributed by atoms with E-state index in [1.54, 1.807) is 10.6 Å². The quantitative estimate of drug-likeness (QED) is 0.785. The molecule has 0 aliphatic heterocycles. The van der Waals surface area contributed by atoms with Crippen LogP contribution in [0.25, 0.3) is 11.0 Å². The van der Waals surface area contributed by atoms with E-state index >= 15 is 0 Å². The lowest BCUT2D eigenvalue weighted by molar-refractivity contribution is 0.448. The van der Waals surface area contributed by atoms with Crippen molar-refractivity contribution in [2.75, 3.05) is 6.67 Å². The Hall–Kier alpha value is -0.870. The molecule has 0 bridgehead atoms. The van der Waals surface area contributed by atoms with Crippen LogP contribution in [0.3, 0.4) is 0 Å². The van der Waals surface area contributed by atoms with Gasteiger partial charge in [0.2, 0.25) is 0 Å². The molecule has 0 spiro atoms. The number of benzene rings is 1. The van der Waals surface area contributed by atoms with Gasteiger partial charge >= 0.3 is 0 Å². The molecule has 0 aliphatic rings. The van der Waals surface area contributed by atoms with Crippen molar-refractivity contribution in [2.45, 2.75) is 6.54 Å². The molecule has 5 heteroatoms. The van der Waals surface area contributed by atoms with Crippen molar-refractivity contribution in [3.8, 4) is 0 Å². The minimum absolute atomic E-state index is 0.239. The van der Waals surface area contributed by atoms with Crippen LogP contribution in [0.4, 0.5) is 4.39 Å². The van der Waals surface area contributed by atoms with Gasteiger partial charge in [0, 0.05) is 0 Å². The SMILES string of the molecule is FCCn1c(=S)[nH]c2cccc(Cl)c21. The Morgan fingerprint density at radius 1 is 1.50 bits per heavy atom. The first-order valence-electron chi connectivity index (χ1n) is 4.17. The summed E-state index contributed by atoms with van der Waals surface area (Å²) in [4.78, 5) is 2.98. The summed E-state index contributed by atoms with van der Waals surface area (Å²) < 4.78 is 14.5. The summed E-state index contributed by atoms with van der Waals surface area (Å²) in [6.07, 6.45) is 0. The number of rotatable bonds is 2. The van der Waals surface area contributed by atoms with E-state index in [9.17, 15) is 4.39 Å². The van der Waals surface area contributed by atoms with E-state index in [-0.39, 0.29) is 6.54 Å². The van der Waals surface area contributed by atoms with Gasteiger partial charge < -0.3 is 9.55 Å². The number of hydrogen-bond acceptors (Lipinski definition) is 1. The molecular formula is C9H8ClFN2S. The molecule has 0 fully saturated rings. The van der Waals surface area contributed by atoms with Gasteiger partial charge in [0.1, 0.15) is 6.67 Å². The van der Waals surface area contributed by atoms with Crippen LogP contribution in [-0.4, -0.2) is 16.2 Å². The predicted octanol–water partition coefficient (Wildman–Crippen LogP) is 3.32. The van der Waals surface area contributed by atoms with Gasteiger partial charge in [-0.25, -0.2) is 4.39 Å². The molecule has 0 atom stereocenters. The third-order valence-corrected chi connectivity index (χ3v) is 2.68. The van der Waals surface area contributed by atoms with Crippen LogP contribution in [0, 0.1) is 4.77 Å². The molecule has 0 aliphatic carbocycles. The van der Waals surface area contributed by atoms with Crippen LogP contribution in [0.2, 0.25) is 5.02 Å². The molecule has 1 aromatic heterocycles. The topological polar surface area (TPSA) is 20.7 Å². The standard InChI is InChI=1S/C9H8ClFN2S/c10-6-2-1-3-7-8(6)13(5-4-11)9(14)12-7/h1-3H,4-5H2,(H,12,14). The van der Waals surface area contributed by atoms with E-state index in [4.69, 9.17) is 23.8 Å². The molecule has 0 saturated heterocycles. The molecule has 0 saturated carbocycles. The minimum Gasteiger partial charge on any atom is -0.331 e. The highest BCUT2D eigenvalue weighted by Gasteiger charge is 2.06. The largest absolute Gasteiger partial charge is 0.331 e. The van der Waals surface area contributed by atoms with Gasteiger partial charge in [-0.3, -0.25) is 0 Å². The molecule has 2 aromatic rings. The normalized spacial score (nSPS) is 11.0. The summed E-state index contributed by atoms with van der Waals surface area (Å²) >= 11 is 11.1. The van der Waals surface area contributed by atoms with E-state index in [1.807, 2.05) is 12.1 Å². The Morgan fingerprint density at radius 2 is 2.29 bits per heavy atom. The van der Waals surface area contributed by atoms with Gasteiger partial charge in [-0.05, 0) is 24.4 Å². The number of imidazole rings is 1. The van der Waals surface area contributed by atoms with Crippen molar-refractivity contribution in [1.82, 2.24) is 9.55 Å². The molecule has 2 rings (SSSR count). The number of fused-ring (bicyclic) bond motifs is 1. The van der Waals surface area contributed by atoms with Crippen molar-refractivity contribution >= 4 is 34.9 Å². The van der Waals surface area contributed by atoms with E-state index in [2.05, 4.69) is 4.98 Å². The molecule has 1 aromatic carbocycles. The van der Waals surface area contributed by atoms with Crippen molar-refractivity contribution in [3.63, 3.8) is 0 Å². The third kappa shape index (κ3) is 1.44. The Kier molecular flexibility index (Phi) is 2.56. The highest BCUT2D eigenvalue weighted by molar-refractivity contribution is 7.71. The molecule has 0 radical (unpaired) electrons. The Labute approximate surface area is 90.3 Å². The van der Waals surface area contributed by atoms with Crippen molar-refractivity contribution in [3.05, 3.63) is 28.0 Å². The summed E-state index contributed by atoms with van der Waals surface area (Å²) in [6, 6.07) is 5.46. The number of alkyl halides is 1. The van der Waals surface area contributed by atoms with Gasteiger partial charge in [0.25, 0.3) is 0 Å². The van der Waals surface area contributed by atoms with Crippen LogP contribution >= 0.6 is 23.8 Å². The maximum Gasteiger partial charge on any atom is 0.178 e. The lowest BCUT2D eigenvalue weighted by Crippen LogP contribution is -1.99. The number of aryl methyl sites for hydroxylation is 1. The van der Waals surface area contributed by atoms with Crippen LogP contribution < -0.4 is 0 Å². The van der Waals surface area contributed by atoms with Gasteiger partial charge in [0.05, 0.1) is 22.6 Å². The molecule has 1 N–H and O–H groups in total. The van der Waals surface area contributed by atoms with Gasteiger partial charge in [-0.15, -0.1) is 0 Å². The monoisotopic (exact) mass is 230 g/mol. The maximum atomic E-state index is 12.3. The summed E-state index contributed by atoms with van der Waals surface area (Å²) in [7, 11) is 0. The molecule has 1 heterocycles. The predicted molar refractivity (Wildman–Crippen MR) is 58.1 cm³/mol. The Morgan fingerprint density at radius 3 is 3.00 bits per heavy atom. The average Bonchev–Trinajstić information content (AvgIpc) is 2.45. The maximum absolute atomic E-state index is 12.3. The van der Waals surface area contributed by atoms with Crippen LogP contribution in [0.5, 0.6) is 0 Å². The average molecular weight is 231 g/mol. The zero-order valence-electron chi connectivity index (χ0n) is 7.26. The first kappa shape index (κ1) is 9.68. The van der Waals surface area contributed by atoms with Crippen molar-refractivity contribution in [1.29, 1.82) is 0 Å². The molecule has 0 unspecified atom stereocenters. The lowest BCUT2D eigenvalue weighted by atomic mass is 10.3. The summed E-state index contributed by atoms with van der Waals surface area (Å²) in [5.74, 6) is 0. The van der Waals surface area contributed by atoms with Crippen molar-refractivity contribution in [2.24, 2.45) is 0 Å². The molecule has 0 amide bonds. The molecule has 2 nitrogen and oxygen atoms in total. The summed E-state index contributed by atoms with van der Waals surface area (Å²) in [5.41, 5.74) is 1.62. The zero-order chi connectivity index (χ0) is 10.1. The minimum atomic E-state index is -0.452. The van der Waals surface area contributed by atoms with Crippen molar-refractivity contribution < 1.29 is 4.39 Å². The molecular weight excluding hydrogens is 223 g/mol. The number of hydrogen-bond donors (Lipinski definition) is 1. The number of aromatic nitrogens is 2. The second kappa shape index (κ2) is 3.71. The lowest BCUT2D eigenvalue weighted by Gasteiger charge is -2.01. The van der Waals surface area contributed by atoms with E-state index < -0.39 is 6.67 Å². The molecule has 74 valence electrons. The summed E-state index contributed by atoms with van der Waals surface area (Å²) in [6.45, 7) is -0.213. The molecule has 14 heavy (non-hydrogen) atoms. The number of para-hydroxylation sites is 1. The van der Waals surface area contributed by atoms with Gasteiger partial charge in [-0.2, -0.15) is 0 Å².